The molecule has 0 amide bonds. The van der Waals surface area contributed by atoms with Crippen LogP contribution in [0.4, 0.5) is 5.69 Å². The van der Waals surface area contributed by atoms with Crippen molar-refractivity contribution in [1.82, 2.24) is 4.31 Å². The third-order valence-electron chi connectivity index (χ3n) is 5.08. The standard InChI is InChI=1S/C20H24N2O4S/c1-15-3-6-20(16(2)13-15)27(23,24)22-9-7-21(8-10-22)17-4-5-18-19(14-17)26-12-11-25-18/h3-6,13-14H,7-12H2,1-2H3. The minimum atomic E-state index is -3.47. The molecule has 0 atom stereocenters. The number of hydrogen-bond donors (Lipinski definition) is 0. The first-order valence-corrected chi connectivity index (χ1v) is 10.6. The van der Waals surface area contributed by atoms with E-state index in [4.69, 9.17) is 9.47 Å². The Kier molecular flexibility index (Phi) is 4.74. The zero-order valence-corrected chi connectivity index (χ0v) is 16.5. The van der Waals surface area contributed by atoms with Gasteiger partial charge >= 0.3 is 0 Å². The summed E-state index contributed by atoms with van der Waals surface area (Å²) in [6.07, 6.45) is 0. The Morgan fingerprint density at radius 1 is 0.852 bits per heavy atom. The monoisotopic (exact) mass is 388 g/mol. The Morgan fingerprint density at radius 3 is 2.26 bits per heavy atom. The second-order valence-corrected chi connectivity index (χ2v) is 8.89. The number of aryl methyl sites for hydroxylation is 2. The molecule has 7 heteroatoms. The predicted octanol–water partition coefficient (Wildman–Crippen LogP) is 2.59. The van der Waals surface area contributed by atoms with Crippen LogP contribution in [0.3, 0.4) is 0 Å². The number of rotatable bonds is 3. The van der Waals surface area contributed by atoms with Crippen LogP contribution in [0, 0.1) is 13.8 Å². The Bertz CT molecular complexity index is 950. The molecule has 144 valence electrons. The highest BCUT2D eigenvalue weighted by Gasteiger charge is 2.30. The summed E-state index contributed by atoms with van der Waals surface area (Å²) >= 11 is 0. The molecule has 1 saturated heterocycles. The van der Waals surface area contributed by atoms with Gasteiger partial charge in [0.05, 0.1) is 4.90 Å². The lowest BCUT2D eigenvalue weighted by Gasteiger charge is -2.36. The lowest BCUT2D eigenvalue weighted by Crippen LogP contribution is -2.48. The van der Waals surface area contributed by atoms with Crippen LogP contribution in [-0.4, -0.2) is 52.1 Å². The second kappa shape index (κ2) is 7.05. The summed E-state index contributed by atoms with van der Waals surface area (Å²) in [6.45, 7) is 7.16. The van der Waals surface area contributed by atoms with Crippen molar-refractivity contribution in [3.63, 3.8) is 0 Å². The summed E-state index contributed by atoms with van der Waals surface area (Å²) in [5.41, 5.74) is 2.89. The fraction of sp³-hybridized carbons (Fsp3) is 0.400. The number of piperazine rings is 1. The van der Waals surface area contributed by atoms with Gasteiger partial charge in [0.25, 0.3) is 0 Å². The smallest absolute Gasteiger partial charge is 0.243 e. The second-order valence-electron chi connectivity index (χ2n) is 6.99. The van der Waals surface area contributed by atoms with Gasteiger partial charge in [-0.2, -0.15) is 4.31 Å². The van der Waals surface area contributed by atoms with Crippen LogP contribution in [0.15, 0.2) is 41.3 Å². The van der Waals surface area contributed by atoms with Crippen molar-refractivity contribution >= 4 is 15.7 Å². The maximum absolute atomic E-state index is 13.0. The number of hydrogen-bond acceptors (Lipinski definition) is 5. The third-order valence-corrected chi connectivity index (χ3v) is 7.14. The quantitative estimate of drug-likeness (QED) is 0.809. The van der Waals surface area contributed by atoms with E-state index in [1.807, 2.05) is 44.2 Å². The molecule has 2 heterocycles. The maximum atomic E-state index is 13.0. The Labute approximate surface area is 160 Å². The molecule has 0 N–H and O–H groups in total. The van der Waals surface area contributed by atoms with Gasteiger partial charge in [0.15, 0.2) is 11.5 Å². The minimum Gasteiger partial charge on any atom is -0.486 e. The number of anilines is 1. The molecule has 0 aliphatic carbocycles. The van der Waals surface area contributed by atoms with Gasteiger partial charge in [-0.15, -0.1) is 0 Å². The van der Waals surface area contributed by atoms with Gasteiger partial charge in [-0.25, -0.2) is 8.42 Å². The van der Waals surface area contributed by atoms with Gasteiger partial charge in [-0.3, -0.25) is 0 Å². The SMILES string of the molecule is Cc1ccc(S(=O)(=O)N2CCN(c3ccc4c(c3)OCCO4)CC2)c(C)c1. The molecular formula is C20H24N2O4S. The van der Waals surface area contributed by atoms with E-state index in [9.17, 15) is 8.42 Å². The van der Waals surface area contributed by atoms with Gasteiger partial charge in [-0.05, 0) is 37.6 Å². The number of nitrogens with zero attached hydrogens (tertiary/aromatic N) is 2. The predicted molar refractivity (Wildman–Crippen MR) is 104 cm³/mol. The number of fused-ring (bicyclic) bond motifs is 1. The first-order valence-electron chi connectivity index (χ1n) is 9.17. The molecule has 0 saturated carbocycles. The van der Waals surface area contributed by atoms with E-state index in [1.165, 1.54) is 0 Å². The van der Waals surface area contributed by atoms with Crippen LogP contribution in [0.2, 0.25) is 0 Å². The molecule has 0 spiro atoms. The van der Waals surface area contributed by atoms with E-state index >= 15 is 0 Å². The Hall–Kier alpha value is -2.25. The minimum absolute atomic E-state index is 0.404. The number of sulfonamides is 1. The molecule has 2 aromatic rings. The highest BCUT2D eigenvalue weighted by molar-refractivity contribution is 7.89. The van der Waals surface area contributed by atoms with Crippen molar-refractivity contribution in [2.45, 2.75) is 18.7 Å². The van der Waals surface area contributed by atoms with Crippen LogP contribution in [0.25, 0.3) is 0 Å². The molecule has 2 aromatic carbocycles. The zero-order valence-electron chi connectivity index (χ0n) is 15.6. The summed E-state index contributed by atoms with van der Waals surface area (Å²) < 4.78 is 38.9. The molecule has 0 bridgehead atoms. The summed E-state index contributed by atoms with van der Waals surface area (Å²) in [5, 5.41) is 0. The lowest BCUT2D eigenvalue weighted by molar-refractivity contribution is 0.171. The number of benzene rings is 2. The van der Waals surface area contributed by atoms with Crippen LogP contribution in [0.5, 0.6) is 11.5 Å². The van der Waals surface area contributed by atoms with Gasteiger partial charge in [0.2, 0.25) is 10.0 Å². The first kappa shape index (κ1) is 18.1. The fourth-order valence-electron chi connectivity index (χ4n) is 3.64. The van der Waals surface area contributed by atoms with Crippen molar-refractivity contribution in [2.24, 2.45) is 0 Å². The molecule has 0 aromatic heterocycles. The van der Waals surface area contributed by atoms with E-state index in [0.717, 1.165) is 28.3 Å². The Morgan fingerprint density at radius 2 is 1.56 bits per heavy atom. The van der Waals surface area contributed by atoms with Crippen molar-refractivity contribution in [1.29, 1.82) is 0 Å². The molecule has 1 fully saturated rings. The van der Waals surface area contributed by atoms with Crippen LogP contribution < -0.4 is 14.4 Å². The summed E-state index contributed by atoms with van der Waals surface area (Å²) in [4.78, 5) is 2.59. The third kappa shape index (κ3) is 3.49. The molecule has 0 radical (unpaired) electrons. The van der Waals surface area contributed by atoms with Crippen molar-refractivity contribution in [2.75, 3.05) is 44.3 Å². The summed E-state index contributed by atoms with van der Waals surface area (Å²) in [6, 6.07) is 11.4. The fourth-order valence-corrected chi connectivity index (χ4v) is 5.27. The molecule has 4 rings (SSSR count). The largest absolute Gasteiger partial charge is 0.486 e. The van der Waals surface area contributed by atoms with E-state index < -0.39 is 10.0 Å². The number of ether oxygens (including phenoxy) is 2. The van der Waals surface area contributed by atoms with E-state index in [2.05, 4.69) is 4.90 Å². The molecule has 6 nitrogen and oxygen atoms in total. The van der Waals surface area contributed by atoms with Gasteiger partial charge in [-0.1, -0.05) is 17.7 Å². The zero-order chi connectivity index (χ0) is 19.0. The first-order chi connectivity index (χ1) is 12.9. The molecule has 2 aliphatic heterocycles. The molecule has 27 heavy (non-hydrogen) atoms. The van der Waals surface area contributed by atoms with Gasteiger partial charge in [0, 0.05) is 37.9 Å². The molecule has 2 aliphatic rings. The van der Waals surface area contributed by atoms with Gasteiger partial charge in [0.1, 0.15) is 13.2 Å². The normalized spacial score (nSPS) is 17.8. The topological polar surface area (TPSA) is 59.1 Å². The average Bonchev–Trinajstić information content (AvgIpc) is 2.67. The summed E-state index contributed by atoms with van der Waals surface area (Å²) in [5.74, 6) is 1.52. The van der Waals surface area contributed by atoms with Crippen LogP contribution in [-0.2, 0) is 10.0 Å². The lowest BCUT2D eigenvalue weighted by atomic mass is 10.2. The maximum Gasteiger partial charge on any atom is 0.243 e. The van der Waals surface area contributed by atoms with Crippen molar-refractivity contribution in [3.05, 3.63) is 47.5 Å². The highest BCUT2D eigenvalue weighted by atomic mass is 32.2. The molecular weight excluding hydrogens is 364 g/mol. The van der Waals surface area contributed by atoms with Crippen molar-refractivity contribution in [3.8, 4) is 11.5 Å². The van der Waals surface area contributed by atoms with Gasteiger partial charge < -0.3 is 14.4 Å². The van der Waals surface area contributed by atoms with E-state index in [-0.39, 0.29) is 0 Å². The van der Waals surface area contributed by atoms with Crippen molar-refractivity contribution < 1.29 is 17.9 Å². The average molecular weight is 388 g/mol. The molecule has 0 unspecified atom stereocenters. The van der Waals surface area contributed by atoms with E-state index in [0.29, 0.717) is 44.3 Å². The Balaban J connectivity index is 1.48. The van der Waals surface area contributed by atoms with E-state index in [1.54, 1.807) is 10.4 Å². The van der Waals surface area contributed by atoms with Crippen LogP contribution >= 0.6 is 0 Å². The highest BCUT2D eigenvalue weighted by Crippen LogP contribution is 2.34. The van der Waals surface area contributed by atoms with Crippen LogP contribution in [0.1, 0.15) is 11.1 Å². The summed E-state index contributed by atoms with van der Waals surface area (Å²) in [7, 11) is -3.47.